The molecule has 1 saturated heterocycles. The minimum Gasteiger partial charge on any atom is -0.368 e. The summed E-state index contributed by atoms with van der Waals surface area (Å²) in [4.78, 5) is 25.0. The Morgan fingerprint density at radius 1 is 1.29 bits per heavy atom. The number of anilines is 1. The number of rotatable bonds is 4. The molecule has 1 aromatic carbocycles. The van der Waals surface area contributed by atoms with Gasteiger partial charge in [0.25, 0.3) is 0 Å². The number of nitrogens with zero attached hydrogens (tertiary/aromatic N) is 1. The molecular formula is C14H19FN4O2. The van der Waals surface area contributed by atoms with Crippen LogP contribution in [-0.2, 0) is 4.79 Å². The van der Waals surface area contributed by atoms with Crippen LogP contribution in [0.1, 0.15) is 12.8 Å². The molecule has 0 aliphatic carbocycles. The van der Waals surface area contributed by atoms with Gasteiger partial charge in [0.2, 0.25) is 5.91 Å². The van der Waals surface area contributed by atoms with Crippen molar-refractivity contribution in [2.75, 3.05) is 25.0 Å². The Hall–Kier alpha value is -2.15. The van der Waals surface area contributed by atoms with Gasteiger partial charge in [-0.25, -0.2) is 9.18 Å². The van der Waals surface area contributed by atoms with Gasteiger partial charge in [-0.2, -0.15) is 0 Å². The Labute approximate surface area is 122 Å². The Morgan fingerprint density at radius 3 is 2.48 bits per heavy atom. The predicted molar refractivity (Wildman–Crippen MR) is 77.2 cm³/mol. The zero-order valence-corrected chi connectivity index (χ0v) is 11.6. The van der Waals surface area contributed by atoms with E-state index in [9.17, 15) is 14.0 Å². The highest BCUT2D eigenvalue weighted by atomic mass is 19.1. The highest BCUT2D eigenvalue weighted by molar-refractivity contribution is 5.92. The molecule has 7 heteroatoms. The second kappa shape index (κ2) is 7.03. The SMILES string of the molecule is NC(=O)CN(C(=O)Nc1ccc(F)cc1)C1CCNCC1. The van der Waals surface area contributed by atoms with E-state index in [0.717, 1.165) is 25.9 Å². The maximum absolute atomic E-state index is 12.9. The quantitative estimate of drug-likeness (QED) is 0.771. The number of amides is 3. The lowest BCUT2D eigenvalue weighted by Crippen LogP contribution is -2.50. The van der Waals surface area contributed by atoms with Gasteiger partial charge in [0.1, 0.15) is 12.4 Å². The first-order chi connectivity index (χ1) is 10.1. The molecule has 0 spiro atoms. The number of urea groups is 1. The van der Waals surface area contributed by atoms with E-state index in [0.29, 0.717) is 5.69 Å². The third-order valence-corrected chi connectivity index (χ3v) is 3.43. The molecule has 1 fully saturated rings. The molecule has 0 unspecified atom stereocenters. The Balaban J connectivity index is 2.05. The topological polar surface area (TPSA) is 87.5 Å². The highest BCUT2D eigenvalue weighted by Gasteiger charge is 2.26. The highest BCUT2D eigenvalue weighted by Crippen LogP contribution is 2.15. The average molecular weight is 294 g/mol. The number of nitrogens with one attached hydrogen (secondary N) is 2. The minimum absolute atomic E-state index is 0.0285. The fourth-order valence-corrected chi connectivity index (χ4v) is 2.38. The molecule has 4 N–H and O–H groups in total. The third-order valence-electron chi connectivity index (χ3n) is 3.43. The molecule has 1 aliphatic heterocycles. The van der Waals surface area contributed by atoms with Crippen molar-refractivity contribution in [1.29, 1.82) is 0 Å². The van der Waals surface area contributed by atoms with Crippen molar-refractivity contribution in [3.05, 3.63) is 30.1 Å². The van der Waals surface area contributed by atoms with Gasteiger partial charge in [-0.15, -0.1) is 0 Å². The summed E-state index contributed by atoms with van der Waals surface area (Å²) in [6.45, 7) is 1.46. The molecule has 1 aromatic rings. The maximum atomic E-state index is 12.9. The van der Waals surface area contributed by atoms with Crippen LogP contribution in [0.25, 0.3) is 0 Å². The van der Waals surface area contributed by atoms with E-state index in [1.165, 1.54) is 29.2 Å². The van der Waals surface area contributed by atoms with Crippen molar-refractivity contribution in [2.45, 2.75) is 18.9 Å². The van der Waals surface area contributed by atoms with Crippen LogP contribution in [0.5, 0.6) is 0 Å². The first-order valence-corrected chi connectivity index (χ1v) is 6.88. The van der Waals surface area contributed by atoms with Gasteiger partial charge < -0.3 is 21.3 Å². The molecule has 0 aromatic heterocycles. The first-order valence-electron chi connectivity index (χ1n) is 6.88. The average Bonchev–Trinajstić information content (AvgIpc) is 2.48. The van der Waals surface area contributed by atoms with Crippen molar-refractivity contribution in [3.8, 4) is 0 Å². The molecule has 2 rings (SSSR count). The number of hydrogen-bond donors (Lipinski definition) is 3. The van der Waals surface area contributed by atoms with Gasteiger partial charge in [-0.05, 0) is 50.2 Å². The van der Waals surface area contributed by atoms with Crippen LogP contribution < -0.4 is 16.4 Å². The van der Waals surface area contributed by atoms with Gasteiger partial charge in [0, 0.05) is 11.7 Å². The molecular weight excluding hydrogens is 275 g/mol. The van der Waals surface area contributed by atoms with Gasteiger partial charge in [0.05, 0.1) is 0 Å². The lowest BCUT2D eigenvalue weighted by atomic mass is 10.1. The number of primary amides is 1. The lowest BCUT2D eigenvalue weighted by Gasteiger charge is -2.33. The van der Waals surface area contributed by atoms with E-state index in [4.69, 9.17) is 5.73 Å². The number of carbonyl (C=O) groups excluding carboxylic acids is 2. The number of halogens is 1. The number of benzene rings is 1. The second-order valence-electron chi connectivity index (χ2n) is 5.01. The zero-order valence-electron chi connectivity index (χ0n) is 11.6. The van der Waals surface area contributed by atoms with Gasteiger partial charge in [-0.1, -0.05) is 0 Å². The number of carbonyl (C=O) groups is 2. The Morgan fingerprint density at radius 2 is 1.90 bits per heavy atom. The Bertz CT molecular complexity index is 500. The van der Waals surface area contributed by atoms with E-state index >= 15 is 0 Å². The molecule has 3 amide bonds. The van der Waals surface area contributed by atoms with Gasteiger partial charge >= 0.3 is 6.03 Å². The van der Waals surface area contributed by atoms with E-state index in [1.807, 2.05) is 0 Å². The van der Waals surface area contributed by atoms with E-state index < -0.39 is 11.9 Å². The maximum Gasteiger partial charge on any atom is 0.322 e. The van der Waals surface area contributed by atoms with Gasteiger partial charge in [-0.3, -0.25) is 4.79 Å². The monoisotopic (exact) mass is 294 g/mol. The molecule has 1 heterocycles. The standard InChI is InChI=1S/C14H19FN4O2/c15-10-1-3-11(4-2-10)18-14(21)19(9-13(16)20)12-5-7-17-8-6-12/h1-4,12,17H,5-9H2,(H2,16,20)(H,18,21). The first kappa shape index (κ1) is 15.2. The molecule has 6 nitrogen and oxygen atoms in total. The summed E-state index contributed by atoms with van der Waals surface area (Å²) in [6.07, 6.45) is 1.54. The van der Waals surface area contributed by atoms with E-state index in [-0.39, 0.29) is 18.4 Å². The third kappa shape index (κ3) is 4.42. The van der Waals surface area contributed by atoms with Crippen molar-refractivity contribution in [3.63, 3.8) is 0 Å². The molecule has 0 saturated carbocycles. The van der Waals surface area contributed by atoms with Crippen LogP contribution in [0.2, 0.25) is 0 Å². The normalized spacial score (nSPS) is 15.5. The molecule has 1 aliphatic rings. The van der Waals surface area contributed by atoms with Crippen LogP contribution in [0.3, 0.4) is 0 Å². The fraction of sp³-hybridized carbons (Fsp3) is 0.429. The van der Waals surface area contributed by atoms with Gasteiger partial charge in [0.15, 0.2) is 0 Å². The summed E-state index contributed by atoms with van der Waals surface area (Å²) in [7, 11) is 0. The van der Waals surface area contributed by atoms with Crippen LogP contribution in [-0.4, -0.2) is 42.5 Å². The Kier molecular flexibility index (Phi) is 5.10. The number of piperidine rings is 1. The van der Waals surface area contributed by atoms with Crippen LogP contribution in [0, 0.1) is 5.82 Å². The zero-order chi connectivity index (χ0) is 15.2. The number of nitrogens with two attached hydrogens (primary N) is 1. The molecule has 0 radical (unpaired) electrons. The van der Waals surface area contributed by atoms with Crippen molar-refractivity contribution < 1.29 is 14.0 Å². The summed E-state index contributed by atoms with van der Waals surface area (Å²) >= 11 is 0. The fourth-order valence-electron chi connectivity index (χ4n) is 2.38. The summed E-state index contributed by atoms with van der Waals surface area (Å²) < 4.78 is 12.9. The summed E-state index contributed by atoms with van der Waals surface area (Å²) in [5.41, 5.74) is 5.70. The van der Waals surface area contributed by atoms with Crippen LogP contribution in [0.15, 0.2) is 24.3 Å². The van der Waals surface area contributed by atoms with Crippen molar-refractivity contribution in [1.82, 2.24) is 10.2 Å². The number of hydrogen-bond acceptors (Lipinski definition) is 3. The lowest BCUT2D eigenvalue weighted by molar-refractivity contribution is -0.119. The molecule has 0 bridgehead atoms. The molecule has 114 valence electrons. The minimum atomic E-state index is -0.553. The van der Waals surface area contributed by atoms with E-state index in [2.05, 4.69) is 10.6 Å². The second-order valence-corrected chi connectivity index (χ2v) is 5.01. The summed E-state index contributed by atoms with van der Waals surface area (Å²) in [6, 6.07) is 5.04. The van der Waals surface area contributed by atoms with Crippen LogP contribution >= 0.6 is 0 Å². The smallest absolute Gasteiger partial charge is 0.322 e. The summed E-state index contributed by atoms with van der Waals surface area (Å²) in [5, 5.41) is 5.87. The largest absolute Gasteiger partial charge is 0.368 e. The van der Waals surface area contributed by atoms with Crippen molar-refractivity contribution in [2.24, 2.45) is 5.73 Å². The molecule has 21 heavy (non-hydrogen) atoms. The van der Waals surface area contributed by atoms with Crippen molar-refractivity contribution >= 4 is 17.6 Å². The summed E-state index contributed by atoms with van der Waals surface area (Å²) in [5.74, 6) is -0.928. The van der Waals surface area contributed by atoms with E-state index in [1.54, 1.807) is 0 Å². The predicted octanol–water partition coefficient (Wildman–Crippen LogP) is 0.897. The van der Waals surface area contributed by atoms with Crippen LogP contribution in [0.4, 0.5) is 14.9 Å². The molecule has 0 atom stereocenters.